The van der Waals surface area contributed by atoms with Crippen LogP contribution in [0, 0.1) is 0 Å². The molecule has 0 aliphatic heterocycles. The maximum Gasteiger partial charge on any atom is 0.408 e. The summed E-state index contributed by atoms with van der Waals surface area (Å²) in [7, 11) is 1.90. The monoisotopic (exact) mass is 380 g/mol. The van der Waals surface area contributed by atoms with Gasteiger partial charge in [-0.25, -0.2) is 9.79 Å². The molecule has 1 rings (SSSR count). The Labute approximate surface area is 163 Å². The van der Waals surface area contributed by atoms with E-state index in [4.69, 9.17) is 4.74 Å². The van der Waals surface area contributed by atoms with Crippen molar-refractivity contribution in [3.05, 3.63) is 18.0 Å². The fourth-order valence-corrected chi connectivity index (χ4v) is 2.55. The maximum absolute atomic E-state index is 12.3. The van der Waals surface area contributed by atoms with Crippen molar-refractivity contribution >= 4 is 12.1 Å². The molecule has 0 aromatic carbocycles. The molecule has 0 aliphatic rings. The molecule has 3 N–H and O–H groups in total. The van der Waals surface area contributed by atoms with Gasteiger partial charge in [0.15, 0.2) is 5.96 Å². The van der Waals surface area contributed by atoms with Crippen LogP contribution in [0.15, 0.2) is 17.3 Å². The number of carbonyl (C=O) groups is 1. The number of guanidine groups is 1. The summed E-state index contributed by atoms with van der Waals surface area (Å²) in [6.07, 6.45) is 2.91. The topological polar surface area (TPSA) is 92.6 Å². The number of amides is 1. The predicted molar refractivity (Wildman–Crippen MR) is 109 cm³/mol. The van der Waals surface area contributed by atoms with Gasteiger partial charge in [-0.15, -0.1) is 0 Å². The molecule has 0 aliphatic carbocycles. The van der Waals surface area contributed by atoms with Crippen LogP contribution >= 0.6 is 0 Å². The third kappa shape index (κ3) is 7.88. The minimum atomic E-state index is -0.524. The second-order valence-electron chi connectivity index (χ2n) is 7.61. The molecule has 0 spiro atoms. The zero-order chi connectivity index (χ0) is 20.5. The van der Waals surface area contributed by atoms with Crippen LogP contribution in [0.1, 0.15) is 60.1 Å². The van der Waals surface area contributed by atoms with Gasteiger partial charge in [0.25, 0.3) is 0 Å². The number of hydrogen-bond donors (Lipinski definition) is 3. The number of nitrogens with zero attached hydrogens (tertiary/aromatic N) is 3. The summed E-state index contributed by atoms with van der Waals surface area (Å²) in [6.45, 7) is 13.5. The van der Waals surface area contributed by atoms with Gasteiger partial charge in [0.2, 0.25) is 0 Å². The molecular formula is C19H36N6O2. The maximum atomic E-state index is 12.3. The van der Waals surface area contributed by atoms with Gasteiger partial charge in [-0.3, -0.25) is 4.68 Å². The average Bonchev–Trinajstić information content (AvgIpc) is 2.99. The Hall–Kier alpha value is -2.25. The Morgan fingerprint density at radius 2 is 1.89 bits per heavy atom. The predicted octanol–water partition coefficient (Wildman–Crippen LogP) is 2.56. The molecule has 0 unspecified atom stereocenters. The first-order chi connectivity index (χ1) is 12.6. The largest absolute Gasteiger partial charge is 0.444 e. The Kier molecular flexibility index (Phi) is 8.59. The summed E-state index contributed by atoms with van der Waals surface area (Å²) in [4.78, 5) is 16.9. The van der Waals surface area contributed by atoms with Crippen LogP contribution in [0.4, 0.5) is 4.79 Å². The minimum absolute atomic E-state index is 0.398. The molecule has 0 atom stereocenters. The Bertz CT molecular complexity index is 614. The van der Waals surface area contributed by atoms with Crippen LogP contribution in [0.2, 0.25) is 0 Å². The molecule has 0 saturated carbocycles. The van der Waals surface area contributed by atoms with E-state index in [-0.39, 0.29) is 0 Å². The molecule has 1 amide bonds. The van der Waals surface area contributed by atoms with Gasteiger partial charge < -0.3 is 20.7 Å². The fourth-order valence-electron chi connectivity index (χ4n) is 2.55. The van der Waals surface area contributed by atoms with Crippen molar-refractivity contribution in [3.8, 4) is 0 Å². The van der Waals surface area contributed by atoms with Crippen molar-refractivity contribution in [2.45, 2.75) is 72.1 Å². The van der Waals surface area contributed by atoms with E-state index in [9.17, 15) is 4.79 Å². The van der Waals surface area contributed by atoms with Crippen LogP contribution in [0.25, 0.3) is 0 Å². The quantitative estimate of drug-likeness (QED) is 0.476. The van der Waals surface area contributed by atoms with Crippen molar-refractivity contribution in [3.63, 3.8) is 0 Å². The molecule has 1 heterocycles. The van der Waals surface area contributed by atoms with Crippen molar-refractivity contribution in [2.24, 2.45) is 12.0 Å². The molecule has 27 heavy (non-hydrogen) atoms. The van der Waals surface area contributed by atoms with Gasteiger partial charge in [0, 0.05) is 26.3 Å². The first-order valence-electron chi connectivity index (χ1n) is 9.65. The third-order valence-electron chi connectivity index (χ3n) is 4.38. The third-order valence-corrected chi connectivity index (χ3v) is 4.38. The number of alkyl carbamates (subject to hydrolysis) is 1. The normalized spacial score (nSPS) is 12.6. The van der Waals surface area contributed by atoms with Gasteiger partial charge in [-0.1, -0.05) is 13.8 Å². The molecular weight excluding hydrogens is 344 g/mol. The molecule has 1 aromatic heterocycles. The molecule has 0 saturated heterocycles. The van der Waals surface area contributed by atoms with E-state index in [2.05, 4.69) is 39.9 Å². The summed E-state index contributed by atoms with van der Waals surface area (Å²) < 4.78 is 7.23. The van der Waals surface area contributed by atoms with E-state index in [0.29, 0.717) is 19.0 Å². The lowest BCUT2D eigenvalue weighted by molar-refractivity contribution is 0.0448. The Morgan fingerprint density at radius 3 is 2.37 bits per heavy atom. The van der Waals surface area contributed by atoms with Crippen molar-refractivity contribution in [2.75, 3.05) is 13.1 Å². The van der Waals surface area contributed by atoms with Gasteiger partial charge in [-0.05, 0) is 46.6 Å². The molecule has 0 radical (unpaired) electrons. The van der Waals surface area contributed by atoms with E-state index in [1.165, 1.54) is 0 Å². The van der Waals surface area contributed by atoms with E-state index < -0.39 is 17.2 Å². The highest BCUT2D eigenvalue weighted by Crippen LogP contribution is 2.16. The number of aliphatic imine (C=N–C) groups is 1. The lowest BCUT2D eigenvalue weighted by atomic mass is 9.93. The standard InChI is InChI=1S/C19H36N6O2/c1-8-19(9-2,24-17(26)27-18(4,5)6)14-22-16(20-10-3)21-13-15-11-12-23-25(15)7/h11-12H,8-10,13-14H2,1-7H3,(H,24,26)(H2,20,21,22). The summed E-state index contributed by atoms with van der Waals surface area (Å²) in [5.41, 5.74) is 0.0891. The summed E-state index contributed by atoms with van der Waals surface area (Å²) in [5.74, 6) is 0.705. The summed E-state index contributed by atoms with van der Waals surface area (Å²) in [5, 5.41) is 13.8. The second kappa shape index (κ2) is 10.2. The summed E-state index contributed by atoms with van der Waals surface area (Å²) >= 11 is 0. The molecule has 1 aromatic rings. The first-order valence-corrected chi connectivity index (χ1v) is 9.65. The molecule has 154 valence electrons. The molecule has 0 bridgehead atoms. The number of carbonyl (C=O) groups excluding carboxylic acids is 1. The molecule has 8 nitrogen and oxygen atoms in total. The highest BCUT2D eigenvalue weighted by atomic mass is 16.6. The smallest absolute Gasteiger partial charge is 0.408 e. The van der Waals surface area contributed by atoms with Crippen LogP contribution in [-0.4, -0.2) is 46.1 Å². The lowest BCUT2D eigenvalue weighted by Crippen LogP contribution is -2.57. The van der Waals surface area contributed by atoms with Gasteiger partial charge >= 0.3 is 6.09 Å². The highest BCUT2D eigenvalue weighted by Gasteiger charge is 2.30. The lowest BCUT2D eigenvalue weighted by Gasteiger charge is -2.34. The van der Waals surface area contributed by atoms with Crippen LogP contribution in [-0.2, 0) is 18.3 Å². The van der Waals surface area contributed by atoms with Crippen LogP contribution in [0.5, 0.6) is 0 Å². The number of aromatic nitrogens is 2. The number of hydrogen-bond acceptors (Lipinski definition) is 4. The fraction of sp³-hybridized carbons (Fsp3) is 0.737. The van der Waals surface area contributed by atoms with Crippen LogP contribution in [0.3, 0.4) is 0 Å². The number of rotatable bonds is 8. The number of nitrogens with one attached hydrogen (secondary N) is 3. The second-order valence-corrected chi connectivity index (χ2v) is 7.61. The minimum Gasteiger partial charge on any atom is -0.444 e. The first kappa shape index (κ1) is 22.8. The Balaban J connectivity index is 2.78. The Morgan fingerprint density at radius 1 is 1.22 bits per heavy atom. The number of ether oxygens (including phenoxy) is 1. The molecule has 8 heteroatoms. The molecule has 0 fully saturated rings. The highest BCUT2D eigenvalue weighted by molar-refractivity contribution is 5.80. The number of aryl methyl sites for hydroxylation is 1. The van der Waals surface area contributed by atoms with Crippen molar-refractivity contribution in [1.82, 2.24) is 25.7 Å². The van der Waals surface area contributed by atoms with Gasteiger partial charge in [0.05, 0.1) is 17.8 Å². The summed E-state index contributed by atoms with van der Waals surface area (Å²) in [6, 6.07) is 1.94. The average molecular weight is 381 g/mol. The van der Waals surface area contributed by atoms with Gasteiger partial charge in [-0.2, -0.15) is 5.10 Å². The van der Waals surface area contributed by atoms with E-state index in [1.807, 2.05) is 40.8 Å². The van der Waals surface area contributed by atoms with Crippen LogP contribution < -0.4 is 16.0 Å². The van der Waals surface area contributed by atoms with Gasteiger partial charge in [0.1, 0.15) is 5.60 Å². The van der Waals surface area contributed by atoms with Crippen molar-refractivity contribution in [1.29, 1.82) is 0 Å². The zero-order valence-electron chi connectivity index (χ0n) is 17.8. The van der Waals surface area contributed by atoms with Crippen molar-refractivity contribution < 1.29 is 9.53 Å². The van der Waals surface area contributed by atoms with E-state index in [0.717, 1.165) is 25.1 Å². The van der Waals surface area contributed by atoms with E-state index >= 15 is 0 Å². The van der Waals surface area contributed by atoms with E-state index in [1.54, 1.807) is 10.9 Å². The zero-order valence-corrected chi connectivity index (χ0v) is 17.8. The SMILES string of the molecule is CCNC(=NCc1ccnn1C)NCC(CC)(CC)NC(=O)OC(C)(C)C.